The first-order valence-electron chi connectivity index (χ1n) is 6.90. The second-order valence-corrected chi connectivity index (χ2v) is 7.22. The fraction of sp³-hybridized carbons (Fsp3) is 0.500. The molecular weight excluding hydrogens is 292 g/mol. The molecule has 7 heteroatoms. The van der Waals surface area contributed by atoms with Gasteiger partial charge in [-0.05, 0) is 18.6 Å². The predicted octanol–water partition coefficient (Wildman–Crippen LogP) is 0.922. The molecule has 0 bridgehead atoms. The van der Waals surface area contributed by atoms with E-state index in [1.54, 1.807) is 0 Å². The van der Waals surface area contributed by atoms with E-state index in [4.69, 9.17) is 5.11 Å². The Balaban J connectivity index is 1.97. The molecule has 1 aromatic carbocycles. The van der Waals surface area contributed by atoms with Crippen LogP contribution in [0.2, 0.25) is 0 Å². The summed E-state index contributed by atoms with van der Waals surface area (Å²) in [6, 6.07) is 8.01. The maximum absolute atomic E-state index is 12.0. The standard InChI is InChI=1S/C14H20N2O4S/c1-12-4-2-3-5-13(12)15-7-9-16(10-8-15)21(19,20)11-6-14(17)18/h2-5H,6-11H2,1H3,(H,17,18). The summed E-state index contributed by atoms with van der Waals surface area (Å²) in [7, 11) is -3.47. The van der Waals surface area contributed by atoms with Crippen LogP contribution in [0.3, 0.4) is 0 Å². The van der Waals surface area contributed by atoms with Crippen molar-refractivity contribution in [3.05, 3.63) is 29.8 Å². The van der Waals surface area contributed by atoms with E-state index in [-0.39, 0.29) is 12.2 Å². The summed E-state index contributed by atoms with van der Waals surface area (Å²) >= 11 is 0. The van der Waals surface area contributed by atoms with Crippen LogP contribution >= 0.6 is 0 Å². The molecule has 0 aromatic heterocycles. The molecule has 0 amide bonds. The van der Waals surface area contributed by atoms with Crippen LogP contribution in [0.1, 0.15) is 12.0 Å². The largest absolute Gasteiger partial charge is 0.481 e. The SMILES string of the molecule is Cc1ccccc1N1CCN(S(=O)(=O)CCC(=O)O)CC1. The number of rotatable bonds is 5. The highest BCUT2D eigenvalue weighted by Gasteiger charge is 2.27. The average molecular weight is 312 g/mol. The van der Waals surface area contributed by atoms with Crippen LogP contribution in [0, 0.1) is 6.92 Å². The van der Waals surface area contributed by atoms with Gasteiger partial charge in [0.25, 0.3) is 0 Å². The van der Waals surface area contributed by atoms with E-state index in [1.807, 2.05) is 31.2 Å². The first kappa shape index (κ1) is 15.8. The number of carbonyl (C=O) groups is 1. The summed E-state index contributed by atoms with van der Waals surface area (Å²) < 4.78 is 25.5. The van der Waals surface area contributed by atoms with Crippen LogP contribution in [-0.2, 0) is 14.8 Å². The van der Waals surface area contributed by atoms with Crippen LogP contribution in [0.25, 0.3) is 0 Å². The van der Waals surface area contributed by atoms with Gasteiger partial charge in [0.2, 0.25) is 10.0 Å². The molecule has 2 rings (SSSR count). The number of carboxylic acids is 1. The van der Waals surface area contributed by atoms with Gasteiger partial charge in [-0.15, -0.1) is 0 Å². The Labute approximate surface area is 125 Å². The monoisotopic (exact) mass is 312 g/mol. The van der Waals surface area contributed by atoms with Crippen LogP contribution in [0.15, 0.2) is 24.3 Å². The normalized spacial score (nSPS) is 16.9. The zero-order chi connectivity index (χ0) is 15.5. The van der Waals surface area contributed by atoms with Gasteiger partial charge in [0.05, 0.1) is 12.2 Å². The van der Waals surface area contributed by atoms with Crippen molar-refractivity contribution in [2.45, 2.75) is 13.3 Å². The van der Waals surface area contributed by atoms with Crippen molar-refractivity contribution in [2.75, 3.05) is 36.8 Å². The lowest BCUT2D eigenvalue weighted by molar-refractivity contribution is -0.136. The van der Waals surface area contributed by atoms with Crippen LogP contribution in [0.5, 0.6) is 0 Å². The highest BCUT2D eigenvalue weighted by Crippen LogP contribution is 2.21. The maximum Gasteiger partial charge on any atom is 0.304 e. The van der Waals surface area contributed by atoms with Gasteiger partial charge in [0, 0.05) is 31.9 Å². The number of piperazine rings is 1. The highest BCUT2D eigenvalue weighted by molar-refractivity contribution is 7.89. The fourth-order valence-electron chi connectivity index (χ4n) is 2.47. The average Bonchev–Trinajstić information content (AvgIpc) is 2.46. The van der Waals surface area contributed by atoms with Crippen molar-refractivity contribution in [1.82, 2.24) is 4.31 Å². The minimum atomic E-state index is -3.47. The van der Waals surface area contributed by atoms with E-state index in [0.29, 0.717) is 26.2 Å². The second kappa shape index (κ2) is 6.44. The van der Waals surface area contributed by atoms with E-state index in [1.165, 1.54) is 9.87 Å². The van der Waals surface area contributed by atoms with E-state index in [0.717, 1.165) is 5.69 Å². The molecule has 0 unspecified atom stereocenters. The molecular formula is C14H20N2O4S. The Morgan fingerprint density at radius 2 is 1.81 bits per heavy atom. The van der Waals surface area contributed by atoms with E-state index in [9.17, 15) is 13.2 Å². The summed E-state index contributed by atoms with van der Waals surface area (Å²) in [5.41, 5.74) is 2.29. The molecule has 116 valence electrons. The smallest absolute Gasteiger partial charge is 0.304 e. The van der Waals surface area contributed by atoms with Gasteiger partial charge in [-0.2, -0.15) is 4.31 Å². The number of aliphatic carboxylic acids is 1. The Kier molecular flexibility index (Phi) is 4.84. The van der Waals surface area contributed by atoms with Crippen molar-refractivity contribution in [2.24, 2.45) is 0 Å². The molecule has 1 fully saturated rings. The number of para-hydroxylation sites is 1. The van der Waals surface area contributed by atoms with E-state index < -0.39 is 16.0 Å². The first-order valence-corrected chi connectivity index (χ1v) is 8.51. The van der Waals surface area contributed by atoms with E-state index in [2.05, 4.69) is 4.90 Å². The van der Waals surface area contributed by atoms with E-state index >= 15 is 0 Å². The van der Waals surface area contributed by atoms with Crippen molar-refractivity contribution in [1.29, 1.82) is 0 Å². The molecule has 21 heavy (non-hydrogen) atoms. The molecule has 1 heterocycles. The van der Waals surface area contributed by atoms with Gasteiger partial charge in [0.1, 0.15) is 0 Å². The third-order valence-corrected chi connectivity index (χ3v) is 5.53. The molecule has 0 radical (unpaired) electrons. The number of aryl methyl sites for hydroxylation is 1. The second-order valence-electron chi connectivity index (χ2n) is 5.13. The molecule has 1 N–H and O–H groups in total. The van der Waals surface area contributed by atoms with Crippen molar-refractivity contribution in [3.8, 4) is 0 Å². The molecule has 6 nitrogen and oxygen atoms in total. The van der Waals surface area contributed by atoms with Gasteiger partial charge >= 0.3 is 5.97 Å². The van der Waals surface area contributed by atoms with Crippen molar-refractivity contribution in [3.63, 3.8) is 0 Å². The van der Waals surface area contributed by atoms with Crippen LogP contribution < -0.4 is 4.90 Å². The van der Waals surface area contributed by atoms with Crippen LogP contribution in [-0.4, -0.2) is 55.7 Å². The number of carboxylic acid groups (broad SMARTS) is 1. The summed E-state index contributed by atoms with van der Waals surface area (Å²) in [6.45, 7) is 4.08. The third kappa shape index (κ3) is 3.95. The number of benzene rings is 1. The van der Waals surface area contributed by atoms with Gasteiger partial charge < -0.3 is 10.0 Å². The molecule has 1 aliphatic rings. The quantitative estimate of drug-likeness (QED) is 0.875. The molecule has 1 saturated heterocycles. The fourth-order valence-corrected chi connectivity index (χ4v) is 3.88. The zero-order valence-corrected chi connectivity index (χ0v) is 12.8. The molecule has 0 atom stereocenters. The molecule has 0 spiro atoms. The van der Waals surface area contributed by atoms with Gasteiger partial charge in [-0.25, -0.2) is 8.42 Å². The van der Waals surface area contributed by atoms with Gasteiger partial charge in [-0.1, -0.05) is 18.2 Å². The molecule has 0 aliphatic carbocycles. The topological polar surface area (TPSA) is 77.9 Å². The van der Waals surface area contributed by atoms with Gasteiger partial charge in [0.15, 0.2) is 0 Å². The highest BCUT2D eigenvalue weighted by atomic mass is 32.2. The summed E-state index contributed by atoms with van der Waals surface area (Å²) in [5, 5.41) is 8.61. The zero-order valence-electron chi connectivity index (χ0n) is 12.0. The Bertz CT molecular complexity index is 607. The minimum absolute atomic E-state index is 0.327. The number of nitrogens with zero attached hydrogens (tertiary/aromatic N) is 2. The third-order valence-electron chi connectivity index (χ3n) is 3.66. The maximum atomic E-state index is 12.0. The number of sulfonamides is 1. The van der Waals surface area contributed by atoms with Gasteiger partial charge in [-0.3, -0.25) is 4.79 Å². The number of hydrogen-bond acceptors (Lipinski definition) is 4. The predicted molar refractivity (Wildman–Crippen MR) is 81.0 cm³/mol. The summed E-state index contributed by atoms with van der Waals surface area (Å²) in [5.74, 6) is -1.41. The molecule has 1 aromatic rings. The Morgan fingerprint density at radius 1 is 1.19 bits per heavy atom. The Morgan fingerprint density at radius 3 is 2.38 bits per heavy atom. The molecule has 0 saturated carbocycles. The minimum Gasteiger partial charge on any atom is -0.481 e. The van der Waals surface area contributed by atoms with Crippen LogP contribution in [0.4, 0.5) is 5.69 Å². The lowest BCUT2D eigenvalue weighted by atomic mass is 10.1. The summed E-state index contributed by atoms with van der Waals surface area (Å²) in [4.78, 5) is 12.7. The molecule has 1 aliphatic heterocycles. The van der Waals surface area contributed by atoms with Crippen molar-refractivity contribution >= 4 is 21.7 Å². The number of hydrogen-bond donors (Lipinski definition) is 1. The lowest BCUT2D eigenvalue weighted by Gasteiger charge is -2.36. The summed E-state index contributed by atoms with van der Waals surface area (Å²) in [6.07, 6.45) is -0.347. The first-order chi connectivity index (χ1) is 9.90. The number of anilines is 1. The lowest BCUT2D eigenvalue weighted by Crippen LogP contribution is -2.49. The Hall–Kier alpha value is -1.60. The van der Waals surface area contributed by atoms with Crippen molar-refractivity contribution < 1.29 is 18.3 Å².